The number of amides is 9. The topological polar surface area (TPSA) is 366 Å². The molecule has 2 rings (SSSR count). The molecule has 2 aromatic carbocycles. The first-order valence-electron chi connectivity index (χ1n) is 28.6. The van der Waals surface area contributed by atoms with Crippen molar-refractivity contribution in [2.45, 2.75) is 202 Å². The molecule has 14 N–H and O–H groups in total. The first kappa shape index (κ1) is 70.8. The predicted octanol–water partition coefficient (Wildman–Crippen LogP) is 2.58. The minimum absolute atomic E-state index is 0.0488. The third-order valence-electron chi connectivity index (χ3n) is 14.1. The van der Waals surface area contributed by atoms with E-state index in [1.807, 2.05) is 27.7 Å². The molecule has 0 aliphatic heterocycles. The molecule has 0 saturated heterocycles. The lowest BCUT2D eigenvalue weighted by atomic mass is 9.95. The van der Waals surface area contributed by atoms with Crippen molar-refractivity contribution in [3.05, 3.63) is 59.7 Å². The van der Waals surface area contributed by atoms with Crippen molar-refractivity contribution >= 4 is 59.1 Å². The van der Waals surface area contributed by atoms with Crippen molar-refractivity contribution < 1.29 is 63.3 Å². The van der Waals surface area contributed by atoms with Gasteiger partial charge in [0.1, 0.15) is 65.9 Å². The number of hydrogen-bond donors (Lipinski definition) is 13. The average Bonchev–Trinajstić information content (AvgIpc) is 3.41. The molecule has 23 heteroatoms. The van der Waals surface area contributed by atoms with Crippen LogP contribution in [0.25, 0.3) is 0 Å². The number of carboxylic acid groups (broad SMARTS) is 1. The van der Waals surface area contributed by atoms with E-state index in [0.29, 0.717) is 24.0 Å². The van der Waals surface area contributed by atoms with Gasteiger partial charge in [0.2, 0.25) is 53.2 Å². The fourth-order valence-corrected chi connectivity index (χ4v) is 8.73. The third kappa shape index (κ3) is 24.0. The molecule has 82 heavy (non-hydrogen) atoms. The Morgan fingerprint density at radius 1 is 0.390 bits per heavy atom. The summed E-state index contributed by atoms with van der Waals surface area (Å²) in [5.41, 5.74) is 7.39. The van der Waals surface area contributed by atoms with Gasteiger partial charge >= 0.3 is 5.97 Å². The summed E-state index contributed by atoms with van der Waals surface area (Å²) in [7, 11) is 0. The van der Waals surface area contributed by atoms with Crippen molar-refractivity contribution in [2.75, 3.05) is 0 Å². The van der Waals surface area contributed by atoms with Gasteiger partial charge in [-0.25, -0.2) is 4.79 Å². The number of carbonyl (C=O) groups is 10. The van der Waals surface area contributed by atoms with Gasteiger partial charge in [-0.3, -0.25) is 43.2 Å². The van der Waals surface area contributed by atoms with E-state index in [0.717, 1.165) is 0 Å². The molecule has 9 amide bonds. The molecule has 0 radical (unpaired) electrons. The lowest BCUT2D eigenvalue weighted by Gasteiger charge is -2.31. The maximum absolute atomic E-state index is 14.5. The first-order valence-corrected chi connectivity index (χ1v) is 28.6. The highest BCUT2D eigenvalue weighted by atomic mass is 16.4. The maximum Gasteiger partial charge on any atom is 0.326 e. The number of aromatic hydroxyl groups is 2. The molecule has 2 aromatic rings. The summed E-state index contributed by atoms with van der Waals surface area (Å²) < 4.78 is 0. The normalized spacial score (nSPS) is 15.8. The number of rotatable bonds is 34. The van der Waals surface area contributed by atoms with E-state index >= 15 is 0 Å². The Labute approximate surface area is 483 Å². The summed E-state index contributed by atoms with van der Waals surface area (Å²) in [6.07, 6.45) is 1.25. The zero-order valence-corrected chi connectivity index (χ0v) is 50.3. The van der Waals surface area contributed by atoms with Gasteiger partial charge in [-0.05, 0) is 110 Å². The van der Waals surface area contributed by atoms with Crippen LogP contribution in [0.3, 0.4) is 0 Å². The van der Waals surface area contributed by atoms with Crippen molar-refractivity contribution in [2.24, 2.45) is 41.2 Å². The standard InChI is InChI=1S/C59H94N10O13/c1-15-34(11)48(57(79)62-36(13)50(72)66-46(59(81)82)27-32(7)8)69-55(77)44(26-31(5)6)64-54(76)45(29-39-19-23-41(71)24-20-39)65-56(78)47(33(9)10)67-58(80)49(35(12)16-2)68-51(73)37(14)61-53(75)43(25-30(3)4)63-52(74)42(60)28-38-17-21-40(70)22-18-38/h17-24,30-37,42-49,70-71H,15-16,25-29,60H2,1-14H3,(H,61,75)(H,62,79)(H,63,74)(H,64,76)(H,65,78)(H,66,72)(H,67,80)(H,68,73)(H,69,77)(H,81,82)/t34-,35-,36-,37-,42-,43-,44-,45-,46-,47-,48-,49-/m0/s1. The van der Waals surface area contributed by atoms with Gasteiger partial charge in [-0.1, -0.05) is 120 Å². The van der Waals surface area contributed by atoms with E-state index in [2.05, 4.69) is 47.9 Å². The monoisotopic (exact) mass is 1150 g/mol. The summed E-state index contributed by atoms with van der Waals surface area (Å²) in [6.45, 7) is 24.1. The van der Waals surface area contributed by atoms with Gasteiger partial charge < -0.3 is 68.9 Å². The quantitative estimate of drug-likeness (QED) is 0.0479. The molecule has 0 aliphatic rings. The van der Waals surface area contributed by atoms with Crippen LogP contribution in [0.2, 0.25) is 0 Å². The van der Waals surface area contributed by atoms with E-state index in [9.17, 15) is 63.3 Å². The highest BCUT2D eigenvalue weighted by molar-refractivity contribution is 5.98. The van der Waals surface area contributed by atoms with Crippen molar-refractivity contribution in [1.29, 1.82) is 0 Å². The van der Waals surface area contributed by atoms with E-state index in [1.165, 1.54) is 38.1 Å². The number of benzene rings is 2. The highest BCUT2D eigenvalue weighted by Gasteiger charge is 2.37. The van der Waals surface area contributed by atoms with Crippen LogP contribution < -0.4 is 53.6 Å². The molecule has 0 bridgehead atoms. The Bertz CT molecular complexity index is 2450. The van der Waals surface area contributed by atoms with Gasteiger partial charge in [0.25, 0.3) is 0 Å². The minimum Gasteiger partial charge on any atom is -0.508 e. The van der Waals surface area contributed by atoms with E-state index < -0.39 is 137 Å². The summed E-state index contributed by atoms with van der Waals surface area (Å²) in [6, 6.07) is 0.0546. The molecular weight excluding hydrogens is 1060 g/mol. The molecule has 0 saturated carbocycles. The number of phenolic OH excluding ortho intramolecular Hbond substituents is 2. The smallest absolute Gasteiger partial charge is 0.326 e. The van der Waals surface area contributed by atoms with E-state index in [4.69, 9.17) is 5.73 Å². The molecule has 0 aromatic heterocycles. The summed E-state index contributed by atoms with van der Waals surface area (Å²) >= 11 is 0. The van der Waals surface area contributed by atoms with E-state index in [-0.39, 0.29) is 61.4 Å². The predicted molar refractivity (Wildman–Crippen MR) is 310 cm³/mol. The maximum atomic E-state index is 14.5. The number of aliphatic carboxylic acids is 1. The van der Waals surface area contributed by atoms with Crippen LogP contribution in [-0.4, -0.2) is 135 Å². The van der Waals surface area contributed by atoms with Crippen LogP contribution in [0, 0.1) is 35.5 Å². The summed E-state index contributed by atoms with van der Waals surface area (Å²) in [5, 5.41) is 53.5. The molecule has 0 heterocycles. The molecule has 0 aliphatic carbocycles. The van der Waals surface area contributed by atoms with Crippen molar-refractivity contribution in [3.8, 4) is 11.5 Å². The summed E-state index contributed by atoms with van der Waals surface area (Å²) in [4.78, 5) is 137. The number of nitrogens with two attached hydrogens (primary N) is 1. The van der Waals surface area contributed by atoms with Gasteiger partial charge in [0.05, 0.1) is 6.04 Å². The van der Waals surface area contributed by atoms with Crippen molar-refractivity contribution in [1.82, 2.24) is 47.9 Å². The Kier molecular flexibility index (Phi) is 29.5. The first-order chi connectivity index (χ1) is 38.3. The van der Waals surface area contributed by atoms with Gasteiger partial charge in [-0.15, -0.1) is 0 Å². The minimum atomic E-state index is -1.38. The van der Waals surface area contributed by atoms with Crippen LogP contribution in [0.5, 0.6) is 11.5 Å². The Balaban J connectivity index is 2.37. The van der Waals surface area contributed by atoms with Gasteiger partial charge in [-0.2, -0.15) is 0 Å². The lowest BCUT2D eigenvalue weighted by Crippen LogP contribution is -2.62. The molecule has 23 nitrogen and oxygen atoms in total. The molecule has 12 atom stereocenters. The molecule has 0 fully saturated rings. The van der Waals surface area contributed by atoms with Crippen LogP contribution in [0.15, 0.2) is 48.5 Å². The number of hydrogen-bond acceptors (Lipinski definition) is 13. The van der Waals surface area contributed by atoms with Crippen LogP contribution >= 0.6 is 0 Å². The molecule has 0 unspecified atom stereocenters. The Morgan fingerprint density at radius 2 is 0.707 bits per heavy atom. The number of carbonyl (C=O) groups excluding carboxylic acids is 9. The fourth-order valence-electron chi connectivity index (χ4n) is 8.73. The number of carboxylic acids is 1. The van der Waals surface area contributed by atoms with Crippen LogP contribution in [0.1, 0.15) is 140 Å². The zero-order chi connectivity index (χ0) is 62.3. The second kappa shape index (κ2) is 34.2. The number of nitrogens with one attached hydrogen (secondary N) is 9. The zero-order valence-electron chi connectivity index (χ0n) is 50.3. The second-order valence-corrected chi connectivity index (χ2v) is 23.3. The lowest BCUT2D eigenvalue weighted by molar-refractivity contribution is -0.142. The Morgan fingerprint density at radius 3 is 1.13 bits per heavy atom. The number of phenols is 2. The molecule has 0 spiro atoms. The third-order valence-corrected chi connectivity index (χ3v) is 14.1. The van der Waals surface area contributed by atoms with Gasteiger partial charge in [0.15, 0.2) is 0 Å². The second-order valence-electron chi connectivity index (χ2n) is 23.3. The van der Waals surface area contributed by atoms with Crippen LogP contribution in [0.4, 0.5) is 0 Å². The molecule has 458 valence electrons. The van der Waals surface area contributed by atoms with Gasteiger partial charge in [0, 0.05) is 6.42 Å². The van der Waals surface area contributed by atoms with Crippen molar-refractivity contribution in [3.63, 3.8) is 0 Å². The highest BCUT2D eigenvalue weighted by Crippen LogP contribution is 2.17. The average molecular weight is 1150 g/mol. The SMILES string of the molecule is CC[C@H](C)[C@H](NC(=O)[C@H](C)NC(=O)[C@H](CC(C)C)NC(=O)[C@@H](N)Cc1ccc(O)cc1)C(=O)N[C@H](C(=O)N[C@@H](Cc1ccc(O)cc1)C(=O)N[C@@H](CC(C)C)C(=O)N[C@H](C(=O)N[C@@H](C)C(=O)N[C@@H](CC(C)C)C(=O)O)[C@@H](C)CC)C(C)C. The Hall–Kier alpha value is -7.30. The van der Waals surface area contributed by atoms with Crippen LogP contribution in [-0.2, 0) is 60.8 Å². The fraction of sp³-hybridized carbons (Fsp3) is 0.627. The largest absolute Gasteiger partial charge is 0.508 e. The van der Waals surface area contributed by atoms with E-state index in [1.54, 1.807) is 79.7 Å². The molecular formula is C59H94N10O13. The summed E-state index contributed by atoms with van der Waals surface area (Å²) in [5.74, 6) is -9.59.